The number of pyridine rings is 1. The molecule has 0 atom stereocenters. The molecular formula is C20H17F3N4O2. The number of aromatic nitrogens is 4. The molecule has 0 bridgehead atoms. The van der Waals surface area contributed by atoms with E-state index >= 15 is 0 Å². The van der Waals surface area contributed by atoms with E-state index in [2.05, 4.69) is 24.8 Å². The SMILES string of the molecule is CC(C)(C)c1cc(-c2nc3nc(-c4ccccc4OC(F)(F)F)ccc3[nH]2)on1. The number of fused-ring (bicyclic) bond motifs is 1. The number of nitrogens with zero attached hydrogens (tertiary/aromatic N) is 3. The summed E-state index contributed by atoms with van der Waals surface area (Å²) in [6.07, 6.45) is -4.79. The Hall–Kier alpha value is -3.36. The zero-order valence-electron chi connectivity index (χ0n) is 15.8. The maximum absolute atomic E-state index is 12.7. The minimum atomic E-state index is -4.79. The van der Waals surface area contributed by atoms with Crippen molar-refractivity contribution < 1.29 is 22.4 Å². The molecule has 0 fully saturated rings. The van der Waals surface area contributed by atoms with Crippen LogP contribution >= 0.6 is 0 Å². The lowest BCUT2D eigenvalue weighted by Gasteiger charge is -2.12. The second-order valence-corrected chi connectivity index (χ2v) is 7.52. The first-order valence-electron chi connectivity index (χ1n) is 8.80. The second-order valence-electron chi connectivity index (χ2n) is 7.52. The number of hydrogen-bond acceptors (Lipinski definition) is 5. The van der Waals surface area contributed by atoms with Crippen LogP contribution in [0.2, 0.25) is 0 Å². The third-order valence-electron chi connectivity index (χ3n) is 4.25. The Kier molecular flexibility index (Phi) is 4.33. The lowest BCUT2D eigenvalue weighted by Crippen LogP contribution is -2.17. The molecule has 4 rings (SSSR count). The summed E-state index contributed by atoms with van der Waals surface area (Å²) in [5.41, 5.74) is 2.08. The van der Waals surface area contributed by atoms with Crippen LogP contribution in [0.5, 0.6) is 5.75 Å². The maximum Gasteiger partial charge on any atom is 0.573 e. The monoisotopic (exact) mass is 402 g/mol. The molecule has 0 amide bonds. The van der Waals surface area contributed by atoms with Gasteiger partial charge >= 0.3 is 6.36 Å². The van der Waals surface area contributed by atoms with Gasteiger partial charge in [-0.05, 0) is 24.3 Å². The molecule has 0 saturated carbocycles. The average Bonchev–Trinajstić information content (AvgIpc) is 3.27. The fraction of sp³-hybridized carbons (Fsp3) is 0.250. The van der Waals surface area contributed by atoms with Gasteiger partial charge in [0.05, 0.1) is 16.9 Å². The standard InChI is InChI=1S/C20H17F3N4O2/c1-19(2,3)16-10-15(29-27-16)18-25-13-9-8-12(24-17(13)26-18)11-6-4-5-7-14(11)28-20(21,22)23/h4-10H,1-3H3,(H,24,25,26). The Balaban J connectivity index is 1.73. The molecule has 0 spiro atoms. The van der Waals surface area contributed by atoms with E-state index in [1.54, 1.807) is 24.3 Å². The van der Waals surface area contributed by atoms with Crippen molar-refractivity contribution >= 4 is 11.2 Å². The minimum absolute atomic E-state index is 0.179. The Morgan fingerprint density at radius 3 is 2.45 bits per heavy atom. The number of nitrogens with one attached hydrogen (secondary N) is 1. The summed E-state index contributed by atoms with van der Waals surface area (Å²) < 4.78 is 47.6. The van der Waals surface area contributed by atoms with Crippen LogP contribution in [0, 0.1) is 0 Å². The molecule has 0 aliphatic heterocycles. The number of imidazole rings is 1. The van der Waals surface area contributed by atoms with Crippen LogP contribution in [0.25, 0.3) is 34.0 Å². The molecule has 150 valence electrons. The van der Waals surface area contributed by atoms with E-state index in [1.807, 2.05) is 20.8 Å². The molecule has 1 aromatic carbocycles. The second kappa shape index (κ2) is 6.61. The van der Waals surface area contributed by atoms with Crippen LogP contribution in [-0.2, 0) is 5.41 Å². The molecule has 0 aliphatic carbocycles. The first-order valence-corrected chi connectivity index (χ1v) is 8.80. The van der Waals surface area contributed by atoms with E-state index < -0.39 is 6.36 Å². The number of ether oxygens (including phenoxy) is 1. The molecule has 29 heavy (non-hydrogen) atoms. The van der Waals surface area contributed by atoms with Gasteiger partial charge in [0.25, 0.3) is 0 Å². The highest BCUT2D eigenvalue weighted by Crippen LogP contribution is 2.34. The first-order chi connectivity index (χ1) is 13.6. The maximum atomic E-state index is 12.7. The normalized spacial score (nSPS) is 12.5. The summed E-state index contributed by atoms with van der Waals surface area (Å²) in [6.45, 7) is 6.05. The zero-order chi connectivity index (χ0) is 20.8. The topological polar surface area (TPSA) is 76.8 Å². The van der Waals surface area contributed by atoms with Crippen LogP contribution in [0.4, 0.5) is 13.2 Å². The van der Waals surface area contributed by atoms with Crippen molar-refractivity contribution in [1.29, 1.82) is 0 Å². The Morgan fingerprint density at radius 2 is 1.76 bits per heavy atom. The van der Waals surface area contributed by atoms with Crippen molar-refractivity contribution in [3.8, 4) is 28.6 Å². The van der Waals surface area contributed by atoms with Gasteiger partial charge in [0.1, 0.15) is 5.75 Å². The minimum Gasteiger partial charge on any atom is -0.405 e. The Morgan fingerprint density at radius 1 is 1.00 bits per heavy atom. The van der Waals surface area contributed by atoms with Crippen molar-refractivity contribution in [2.45, 2.75) is 32.5 Å². The molecule has 3 heterocycles. The van der Waals surface area contributed by atoms with Crippen LogP contribution in [-0.4, -0.2) is 26.5 Å². The smallest absolute Gasteiger partial charge is 0.405 e. The number of H-pyrrole nitrogens is 1. The van der Waals surface area contributed by atoms with Gasteiger partial charge < -0.3 is 14.2 Å². The number of rotatable bonds is 3. The van der Waals surface area contributed by atoms with Gasteiger partial charge in [-0.2, -0.15) is 0 Å². The molecule has 0 unspecified atom stereocenters. The Labute approximate surface area is 163 Å². The van der Waals surface area contributed by atoms with Crippen molar-refractivity contribution in [3.05, 3.63) is 48.2 Å². The molecule has 0 aliphatic rings. The van der Waals surface area contributed by atoms with Gasteiger partial charge in [-0.15, -0.1) is 13.2 Å². The van der Waals surface area contributed by atoms with Crippen molar-refractivity contribution in [3.63, 3.8) is 0 Å². The van der Waals surface area contributed by atoms with E-state index in [0.29, 0.717) is 28.4 Å². The summed E-state index contributed by atoms with van der Waals surface area (Å²) >= 11 is 0. The molecule has 0 saturated heterocycles. The van der Waals surface area contributed by atoms with E-state index in [4.69, 9.17) is 4.52 Å². The third-order valence-corrected chi connectivity index (χ3v) is 4.25. The predicted molar refractivity (Wildman–Crippen MR) is 100 cm³/mol. The van der Waals surface area contributed by atoms with E-state index in [9.17, 15) is 13.2 Å². The number of para-hydroxylation sites is 1. The van der Waals surface area contributed by atoms with Crippen molar-refractivity contribution in [1.82, 2.24) is 20.1 Å². The summed E-state index contributed by atoms with van der Waals surface area (Å²) in [7, 11) is 0. The largest absolute Gasteiger partial charge is 0.573 e. The lowest BCUT2D eigenvalue weighted by atomic mass is 9.92. The average molecular weight is 402 g/mol. The van der Waals surface area contributed by atoms with E-state index in [1.165, 1.54) is 18.2 Å². The lowest BCUT2D eigenvalue weighted by molar-refractivity contribution is -0.274. The van der Waals surface area contributed by atoms with Gasteiger partial charge in [-0.3, -0.25) is 0 Å². The molecule has 1 N–H and O–H groups in total. The number of hydrogen-bond donors (Lipinski definition) is 1. The van der Waals surface area contributed by atoms with Gasteiger partial charge in [-0.1, -0.05) is 38.1 Å². The quantitative estimate of drug-likeness (QED) is 0.491. The summed E-state index contributed by atoms with van der Waals surface area (Å²) in [6, 6.07) is 10.9. The molecule has 4 aromatic rings. The van der Waals surface area contributed by atoms with Crippen LogP contribution in [0.15, 0.2) is 47.0 Å². The van der Waals surface area contributed by atoms with Gasteiger partial charge in [0.15, 0.2) is 11.5 Å². The molecule has 3 aromatic heterocycles. The highest BCUT2D eigenvalue weighted by atomic mass is 19.4. The number of aromatic amines is 1. The number of halogens is 3. The van der Waals surface area contributed by atoms with Crippen molar-refractivity contribution in [2.24, 2.45) is 0 Å². The molecular weight excluding hydrogens is 385 g/mol. The Bertz CT molecular complexity index is 1170. The zero-order valence-corrected chi connectivity index (χ0v) is 15.8. The van der Waals surface area contributed by atoms with Gasteiger partial charge in [-0.25, -0.2) is 9.97 Å². The molecule has 6 nitrogen and oxygen atoms in total. The van der Waals surface area contributed by atoms with E-state index in [-0.39, 0.29) is 16.7 Å². The number of benzene rings is 1. The number of alkyl halides is 3. The van der Waals surface area contributed by atoms with Crippen molar-refractivity contribution in [2.75, 3.05) is 0 Å². The third kappa shape index (κ3) is 3.94. The first kappa shape index (κ1) is 19.0. The van der Waals surface area contributed by atoms with Crippen LogP contribution < -0.4 is 4.74 Å². The fourth-order valence-corrected chi connectivity index (χ4v) is 2.79. The van der Waals surface area contributed by atoms with Crippen LogP contribution in [0.3, 0.4) is 0 Å². The highest BCUT2D eigenvalue weighted by Gasteiger charge is 2.32. The fourth-order valence-electron chi connectivity index (χ4n) is 2.79. The summed E-state index contributed by atoms with van der Waals surface area (Å²) in [4.78, 5) is 11.9. The summed E-state index contributed by atoms with van der Waals surface area (Å²) in [5, 5.41) is 4.07. The van der Waals surface area contributed by atoms with E-state index in [0.717, 1.165) is 5.69 Å². The summed E-state index contributed by atoms with van der Waals surface area (Å²) in [5.74, 6) is 0.565. The molecule has 9 heteroatoms. The predicted octanol–water partition coefficient (Wildman–Crippen LogP) is 5.48. The van der Waals surface area contributed by atoms with Crippen LogP contribution in [0.1, 0.15) is 26.5 Å². The molecule has 0 radical (unpaired) electrons. The van der Waals surface area contributed by atoms with Gasteiger partial charge in [0.2, 0.25) is 5.76 Å². The highest BCUT2D eigenvalue weighted by molar-refractivity contribution is 5.79. The van der Waals surface area contributed by atoms with Gasteiger partial charge in [0, 0.05) is 17.0 Å².